The molecule has 0 heterocycles. The Bertz CT molecular complexity index is 368. The zero-order valence-corrected chi connectivity index (χ0v) is 11.3. The summed E-state index contributed by atoms with van der Waals surface area (Å²) in [5, 5.41) is 11.8. The molecule has 0 unspecified atom stereocenters. The van der Waals surface area contributed by atoms with Crippen molar-refractivity contribution >= 4 is 17.7 Å². The Kier molecular flexibility index (Phi) is 5.02. The van der Waals surface area contributed by atoms with Gasteiger partial charge in [0.25, 0.3) is 0 Å². The van der Waals surface area contributed by atoms with Crippen molar-refractivity contribution in [2.24, 2.45) is 0 Å². The van der Waals surface area contributed by atoms with Gasteiger partial charge in [-0.05, 0) is 38.5 Å². The minimum Gasteiger partial charge on any atom is -0.392 e. The summed E-state index contributed by atoms with van der Waals surface area (Å²) in [4.78, 5) is 12.6. The largest absolute Gasteiger partial charge is 0.392 e. The van der Waals surface area contributed by atoms with Gasteiger partial charge in [0.1, 0.15) is 0 Å². The third kappa shape index (κ3) is 5.75. The number of nitrogens with one attached hydrogen (secondary N) is 1. The number of hydrogen-bond acceptors (Lipinski definition) is 3. The highest BCUT2D eigenvalue weighted by molar-refractivity contribution is 8.00. The number of carbonyl (C=O) groups is 1. The number of thioether (sulfide) groups is 1. The molecule has 1 aromatic rings. The average molecular weight is 253 g/mol. The highest BCUT2D eigenvalue weighted by Crippen LogP contribution is 2.18. The fourth-order valence-electron chi connectivity index (χ4n) is 1.29. The number of hydrogen-bond donors (Lipinski definition) is 2. The van der Waals surface area contributed by atoms with Crippen LogP contribution in [-0.4, -0.2) is 22.3 Å². The zero-order chi connectivity index (χ0) is 12.9. The van der Waals surface area contributed by atoms with E-state index < -0.39 is 0 Å². The first-order chi connectivity index (χ1) is 7.90. The molecule has 4 heteroatoms. The molecule has 0 atom stereocenters. The van der Waals surface area contributed by atoms with Gasteiger partial charge in [-0.2, -0.15) is 0 Å². The number of amides is 1. The number of carbonyl (C=O) groups excluding carboxylic acids is 1. The van der Waals surface area contributed by atoms with Gasteiger partial charge in [0, 0.05) is 10.4 Å². The van der Waals surface area contributed by atoms with Crippen molar-refractivity contribution in [3.8, 4) is 0 Å². The lowest BCUT2D eigenvalue weighted by Crippen LogP contribution is -2.41. The maximum absolute atomic E-state index is 11.6. The van der Waals surface area contributed by atoms with Gasteiger partial charge in [0.05, 0.1) is 12.4 Å². The third-order valence-electron chi connectivity index (χ3n) is 1.99. The van der Waals surface area contributed by atoms with E-state index in [1.165, 1.54) is 11.8 Å². The van der Waals surface area contributed by atoms with Gasteiger partial charge >= 0.3 is 0 Å². The Morgan fingerprint density at radius 3 is 2.35 bits per heavy atom. The van der Waals surface area contributed by atoms with Crippen molar-refractivity contribution in [1.29, 1.82) is 0 Å². The average Bonchev–Trinajstić information content (AvgIpc) is 2.25. The van der Waals surface area contributed by atoms with Crippen LogP contribution in [0.3, 0.4) is 0 Å². The summed E-state index contributed by atoms with van der Waals surface area (Å²) >= 11 is 1.49. The van der Waals surface area contributed by atoms with Crippen LogP contribution in [0.25, 0.3) is 0 Å². The molecule has 0 saturated heterocycles. The quantitative estimate of drug-likeness (QED) is 0.809. The fraction of sp³-hybridized carbons (Fsp3) is 0.462. The van der Waals surface area contributed by atoms with Gasteiger partial charge in [-0.3, -0.25) is 4.79 Å². The molecule has 0 saturated carbocycles. The zero-order valence-electron chi connectivity index (χ0n) is 10.5. The normalized spacial score (nSPS) is 11.3. The Morgan fingerprint density at radius 2 is 1.88 bits per heavy atom. The van der Waals surface area contributed by atoms with Gasteiger partial charge < -0.3 is 10.4 Å². The van der Waals surface area contributed by atoms with E-state index in [0.717, 1.165) is 10.5 Å². The summed E-state index contributed by atoms with van der Waals surface area (Å²) < 4.78 is 0. The maximum Gasteiger partial charge on any atom is 0.230 e. The predicted octanol–water partition coefficient (Wildman–Crippen LogP) is 2.19. The van der Waals surface area contributed by atoms with Crippen molar-refractivity contribution in [2.45, 2.75) is 37.8 Å². The van der Waals surface area contributed by atoms with Crippen LogP contribution in [0.4, 0.5) is 0 Å². The van der Waals surface area contributed by atoms with Crippen molar-refractivity contribution < 1.29 is 9.90 Å². The molecule has 2 N–H and O–H groups in total. The molecular formula is C13H19NO2S. The first-order valence-electron chi connectivity index (χ1n) is 5.54. The van der Waals surface area contributed by atoms with Crippen LogP contribution in [0, 0.1) is 0 Å². The van der Waals surface area contributed by atoms with Crippen LogP contribution in [0.2, 0.25) is 0 Å². The van der Waals surface area contributed by atoms with E-state index in [1.54, 1.807) is 0 Å². The van der Waals surface area contributed by atoms with Crippen LogP contribution in [0.5, 0.6) is 0 Å². The second-order valence-corrected chi connectivity index (χ2v) is 5.94. The molecule has 0 radical (unpaired) electrons. The second kappa shape index (κ2) is 6.07. The maximum atomic E-state index is 11.6. The Labute approximate surface area is 107 Å². The molecule has 17 heavy (non-hydrogen) atoms. The van der Waals surface area contributed by atoms with Gasteiger partial charge in [-0.1, -0.05) is 12.1 Å². The van der Waals surface area contributed by atoms with E-state index >= 15 is 0 Å². The van der Waals surface area contributed by atoms with Crippen molar-refractivity contribution in [1.82, 2.24) is 5.32 Å². The molecular weight excluding hydrogens is 234 g/mol. The predicted molar refractivity (Wildman–Crippen MR) is 71.0 cm³/mol. The van der Waals surface area contributed by atoms with Gasteiger partial charge in [-0.25, -0.2) is 0 Å². The summed E-state index contributed by atoms with van der Waals surface area (Å²) in [7, 11) is 0. The topological polar surface area (TPSA) is 49.3 Å². The summed E-state index contributed by atoms with van der Waals surface area (Å²) in [6.07, 6.45) is 0. The first-order valence-corrected chi connectivity index (χ1v) is 6.53. The minimum atomic E-state index is -0.182. The lowest BCUT2D eigenvalue weighted by Gasteiger charge is -2.20. The standard InChI is InChI=1S/C13H19NO2S/c1-13(2,3)14-12(16)9-17-11-6-4-10(8-15)5-7-11/h4-7,15H,8-9H2,1-3H3,(H,14,16). The number of benzene rings is 1. The summed E-state index contributed by atoms with van der Waals surface area (Å²) in [5.41, 5.74) is 0.701. The smallest absolute Gasteiger partial charge is 0.230 e. The molecule has 3 nitrogen and oxygen atoms in total. The van der Waals surface area contributed by atoms with E-state index in [-0.39, 0.29) is 18.1 Å². The molecule has 0 aromatic heterocycles. The third-order valence-corrected chi connectivity index (χ3v) is 3.00. The molecule has 0 spiro atoms. The second-order valence-electron chi connectivity index (χ2n) is 4.89. The van der Waals surface area contributed by atoms with Crippen molar-refractivity contribution in [3.05, 3.63) is 29.8 Å². The first kappa shape index (κ1) is 14.1. The number of rotatable bonds is 4. The van der Waals surface area contributed by atoms with Gasteiger partial charge in [-0.15, -0.1) is 11.8 Å². The van der Waals surface area contributed by atoms with E-state index in [1.807, 2.05) is 45.0 Å². The van der Waals surface area contributed by atoms with Crippen LogP contribution in [0.15, 0.2) is 29.2 Å². The van der Waals surface area contributed by atoms with E-state index in [4.69, 9.17) is 5.11 Å². The summed E-state index contributed by atoms with van der Waals surface area (Å²) in [6.45, 7) is 5.94. The van der Waals surface area contributed by atoms with E-state index in [2.05, 4.69) is 5.32 Å². The number of aliphatic hydroxyl groups excluding tert-OH is 1. The van der Waals surface area contributed by atoms with Gasteiger partial charge in [0.2, 0.25) is 5.91 Å². The molecule has 94 valence electrons. The molecule has 0 aliphatic rings. The molecule has 1 amide bonds. The Morgan fingerprint density at radius 1 is 1.29 bits per heavy atom. The van der Waals surface area contributed by atoms with E-state index in [0.29, 0.717) is 5.75 Å². The molecule has 1 rings (SSSR count). The fourth-order valence-corrected chi connectivity index (χ4v) is 1.99. The lowest BCUT2D eigenvalue weighted by molar-refractivity contribution is -0.119. The van der Waals surface area contributed by atoms with E-state index in [9.17, 15) is 4.79 Å². The number of aliphatic hydroxyl groups is 1. The van der Waals surface area contributed by atoms with Crippen LogP contribution < -0.4 is 5.32 Å². The van der Waals surface area contributed by atoms with Crippen molar-refractivity contribution in [2.75, 3.05) is 5.75 Å². The molecule has 0 fully saturated rings. The summed E-state index contributed by atoms with van der Waals surface area (Å²) in [5.74, 6) is 0.448. The SMILES string of the molecule is CC(C)(C)NC(=O)CSc1ccc(CO)cc1. The molecule has 0 aliphatic heterocycles. The molecule has 1 aromatic carbocycles. The lowest BCUT2D eigenvalue weighted by atomic mass is 10.1. The molecule has 0 bridgehead atoms. The van der Waals surface area contributed by atoms with Crippen LogP contribution in [-0.2, 0) is 11.4 Å². The summed E-state index contributed by atoms with van der Waals surface area (Å²) in [6, 6.07) is 7.56. The Balaban J connectivity index is 2.42. The van der Waals surface area contributed by atoms with Gasteiger partial charge in [0.15, 0.2) is 0 Å². The van der Waals surface area contributed by atoms with Crippen LogP contribution >= 0.6 is 11.8 Å². The highest BCUT2D eigenvalue weighted by Gasteiger charge is 2.13. The van der Waals surface area contributed by atoms with Crippen LogP contribution in [0.1, 0.15) is 26.3 Å². The monoisotopic (exact) mass is 253 g/mol. The highest BCUT2D eigenvalue weighted by atomic mass is 32.2. The minimum absolute atomic E-state index is 0.0359. The molecule has 0 aliphatic carbocycles. The Hall–Kier alpha value is -1.00. The van der Waals surface area contributed by atoms with Crippen molar-refractivity contribution in [3.63, 3.8) is 0 Å².